The van der Waals surface area contributed by atoms with Crippen LogP contribution in [0.1, 0.15) is 48.3 Å². The highest BCUT2D eigenvalue weighted by Gasteiger charge is 2.23. The smallest absolute Gasteiger partial charge is 0.119 e. The van der Waals surface area contributed by atoms with Crippen molar-refractivity contribution in [1.29, 1.82) is 0 Å². The SMILES string of the molecule is Oc1ccc2c(c1)CCC(c1ccc(O)cc1Nc1ccc(OCCN3CCCCC3)cc1)C2. The summed E-state index contributed by atoms with van der Waals surface area (Å²) >= 11 is 0. The first-order valence-corrected chi connectivity index (χ1v) is 12.5. The molecular weight excluding hydrogens is 424 g/mol. The Morgan fingerprint density at radius 2 is 1.62 bits per heavy atom. The van der Waals surface area contributed by atoms with E-state index in [9.17, 15) is 10.2 Å². The van der Waals surface area contributed by atoms with E-state index in [4.69, 9.17) is 4.74 Å². The molecule has 0 radical (unpaired) electrons. The topological polar surface area (TPSA) is 65.0 Å². The number of nitrogens with zero attached hydrogens (tertiary/aromatic N) is 1. The molecule has 5 nitrogen and oxygen atoms in total. The summed E-state index contributed by atoms with van der Waals surface area (Å²) in [5.41, 5.74) is 5.64. The highest BCUT2D eigenvalue weighted by atomic mass is 16.5. The summed E-state index contributed by atoms with van der Waals surface area (Å²) in [5, 5.41) is 23.5. The van der Waals surface area contributed by atoms with E-state index in [2.05, 4.69) is 10.2 Å². The Morgan fingerprint density at radius 3 is 2.44 bits per heavy atom. The van der Waals surface area contributed by atoms with Crippen LogP contribution in [0.3, 0.4) is 0 Å². The van der Waals surface area contributed by atoms with E-state index in [0.717, 1.165) is 42.9 Å². The predicted molar refractivity (Wildman–Crippen MR) is 136 cm³/mol. The van der Waals surface area contributed by atoms with Crippen molar-refractivity contribution >= 4 is 11.4 Å². The van der Waals surface area contributed by atoms with Gasteiger partial charge >= 0.3 is 0 Å². The molecule has 0 saturated carbocycles. The van der Waals surface area contributed by atoms with Gasteiger partial charge in [-0.3, -0.25) is 4.90 Å². The van der Waals surface area contributed by atoms with Gasteiger partial charge < -0.3 is 20.3 Å². The van der Waals surface area contributed by atoms with Crippen LogP contribution >= 0.6 is 0 Å². The summed E-state index contributed by atoms with van der Waals surface area (Å²) < 4.78 is 5.97. The van der Waals surface area contributed by atoms with Gasteiger partial charge in [0.2, 0.25) is 0 Å². The number of piperidine rings is 1. The molecular formula is C29H34N2O3. The maximum atomic E-state index is 10.2. The van der Waals surface area contributed by atoms with E-state index < -0.39 is 0 Å². The van der Waals surface area contributed by atoms with Crippen molar-refractivity contribution in [3.8, 4) is 17.2 Å². The lowest BCUT2D eigenvalue weighted by Crippen LogP contribution is -2.33. The monoisotopic (exact) mass is 458 g/mol. The van der Waals surface area contributed by atoms with Crippen molar-refractivity contribution in [1.82, 2.24) is 4.90 Å². The van der Waals surface area contributed by atoms with Crippen LogP contribution in [0.4, 0.5) is 11.4 Å². The molecule has 34 heavy (non-hydrogen) atoms. The summed E-state index contributed by atoms with van der Waals surface area (Å²) in [6.45, 7) is 4.07. The van der Waals surface area contributed by atoms with Crippen LogP contribution in [-0.4, -0.2) is 41.4 Å². The van der Waals surface area contributed by atoms with Gasteiger partial charge in [0.25, 0.3) is 0 Å². The van der Waals surface area contributed by atoms with Crippen LogP contribution < -0.4 is 10.1 Å². The molecule has 1 atom stereocenters. The Bertz CT molecular complexity index is 1110. The molecule has 178 valence electrons. The molecule has 3 aromatic carbocycles. The minimum atomic E-state index is 0.255. The van der Waals surface area contributed by atoms with Gasteiger partial charge in [-0.2, -0.15) is 0 Å². The standard InChI is InChI=1S/C29H34N2O3/c32-25-9-6-21-18-23(5-4-22(21)19-25)28-13-10-26(33)20-29(28)30-24-7-11-27(12-8-24)34-17-16-31-14-2-1-3-15-31/h6-13,19-20,23,30,32-33H,1-5,14-18H2. The third kappa shape index (κ3) is 5.48. The Kier molecular flexibility index (Phi) is 6.91. The average molecular weight is 459 g/mol. The highest BCUT2D eigenvalue weighted by molar-refractivity contribution is 5.66. The lowest BCUT2D eigenvalue weighted by molar-refractivity contribution is 0.183. The minimum absolute atomic E-state index is 0.255. The van der Waals surface area contributed by atoms with Gasteiger partial charge in [-0.05, 0) is 110 Å². The van der Waals surface area contributed by atoms with Gasteiger partial charge in [0, 0.05) is 24.0 Å². The zero-order valence-corrected chi connectivity index (χ0v) is 19.7. The molecule has 0 aromatic heterocycles. The molecule has 1 aliphatic heterocycles. The summed E-state index contributed by atoms with van der Waals surface area (Å²) in [6, 6.07) is 19.4. The van der Waals surface area contributed by atoms with Crippen LogP contribution in [0.15, 0.2) is 60.7 Å². The number of benzene rings is 3. The van der Waals surface area contributed by atoms with E-state index in [1.165, 1.54) is 49.0 Å². The van der Waals surface area contributed by atoms with Crippen LogP contribution in [0.25, 0.3) is 0 Å². The molecule has 5 rings (SSSR count). The van der Waals surface area contributed by atoms with Crippen molar-refractivity contribution in [2.75, 3.05) is 31.6 Å². The number of aryl methyl sites for hydroxylation is 1. The third-order valence-corrected chi connectivity index (χ3v) is 7.15. The van der Waals surface area contributed by atoms with Gasteiger partial charge in [-0.15, -0.1) is 0 Å². The second-order valence-electron chi connectivity index (χ2n) is 9.56. The second-order valence-corrected chi connectivity index (χ2v) is 9.56. The summed E-state index contributed by atoms with van der Waals surface area (Å²) in [6.07, 6.45) is 6.84. The number of fused-ring (bicyclic) bond motifs is 1. The van der Waals surface area contributed by atoms with E-state index >= 15 is 0 Å². The Labute approximate surface area is 202 Å². The van der Waals surface area contributed by atoms with E-state index in [1.807, 2.05) is 48.5 Å². The van der Waals surface area contributed by atoms with Crippen LogP contribution in [0.5, 0.6) is 17.2 Å². The van der Waals surface area contributed by atoms with Gasteiger partial charge in [0.15, 0.2) is 0 Å². The van der Waals surface area contributed by atoms with Gasteiger partial charge in [-0.1, -0.05) is 18.6 Å². The number of phenols is 2. The maximum Gasteiger partial charge on any atom is 0.119 e. The van der Waals surface area contributed by atoms with Gasteiger partial charge in [0.05, 0.1) is 0 Å². The quantitative estimate of drug-likeness (QED) is 0.407. The molecule has 1 saturated heterocycles. The number of anilines is 2. The normalized spacial score (nSPS) is 18.3. The van der Waals surface area contributed by atoms with Crippen LogP contribution in [-0.2, 0) is 12.8 Å². The molecule has 5 heteroatoms. The molecule has 3 N–H and O–H groups in total. The van der Waals surface area contributed by atoms with Gasteiger partial charge in [0.1, 0.15) is 23.9 Å². The Morgan fingerprint density at radius 1 is 0.853 bits per heavy atom. The van der Waals surface area contributed by atoms with Crippen LogP contribution in [0.2, 0.25) is 0 Å². The lowest BCUT2D eigenvalue weighted by Gasteiger charge is -2.27. The number of hydrogen-bond acceptors (Lipinski definition) is 5. The van der Waals surface area contributed by atoms with E-state index in [1.54, 1.807) is 12.1 Å². The number of hydrogen-bond donors (Lipinski definition) is 3. The minimum Gasteiger partial charge on any atom is -0.508 e. The van der Waals surface area contributed by atoms with Crippen molar-refractivity contribution < 1.29 is 14.9 Å². The van der Waals surface area contributed by atoms with Crippen molar-refractivity contribution in [2.24, 2.45) is 0 Å². The molecule has 1 unspecified atom stereocenters. The maximum absolute atomic E-state index is 10.2. The molecule has 1 heterocycles. The van der Waals surface area contributed by atoms with Gasteiger partial charge in [-0.25, -0.2) is 0 Å². The fraction of sp³-hybridized carbons (Fsp3) is 0.379. The summed E-state index contributed by atoms with van der Waals surface area (Å²) in [5.74, 6) is 1.83. The third-order valence-electron chi connectivity index (χ3n) is 7.15. The van der Waals surface area contributed by atoms with Crippen molar-refractivity contribution in [2.45, 2.75) is 44.4 Å². The zero-order chi connectivity index (χ0) is 23.3. The first kappa shape index (κ1) is 22.6. The molecule has 0 bridgehead atoms. The number of aromatic hydroxyl groups is 2. The fourth-order valence-corrected chi connectivity index (χ4v) is 5.28. The number of rotatable bonds is 7. The molecule has 2 aliphatic rings. The molecule has 1 aliphatic carbocycles. The number of nitrogens with one attached hydrogen (secondary N) is 1. The summed E-state index contributed by atoms with van der Waals surface area (Å²) in [4.78, 5) is 2.48. The Balaban J connectivity index is 1.24. The second kappa shape index (κ2) is 10.4. The van der Waals surface area contributed by atoms with Crippen molar-refractivity contribution in [3.63, 3.8) is 0 Å². The highest BCUT2D eigenvalue weighted by Crippen LogP contribution is 2.39. The number of phenolic OH excluding ortho intramolecular Hbond substituents is 2. The molecule has 0 amide bonds. The van der Waals surface area contributed by atoms with E-state index in [0.29, 0.717) is 18.3 Å². The average Bonchev–Trinajstić information content (AvgIpc) is 2.86. The molecule has 3 aromatic rings. The zero-order valence-electron chi connectivity index (χ0n) is 19.7. The molecule has 0 spiro atoms. The first-order chi connectivity index (χ1) is 16.6. The van der Waals surface area contributed by atoms with E-state index in [-0.39, 0.29) is 5.75 Å². The number of ether oxygens (including phenoxy) is 1. The molecule has 1 fully saturated rings. The largest absolute Gasteiger partial charge is 0.508 e. The number of likely N-dealkylation sites (tertiary alicyclic amines) is 1. The fourth-order valence-electron chi connectivity index (χ4n) is 5.28. The van der Waals surface area contributed by atoms with Crippen LogP contribution in [0, 0.1) is 0 Å². The summed E-state index contributed by atoms with van der Waals surface area (Å²) in [7, 11) is 0. The predicted octanol–water partition coefficient (Wildman–Crippen LogP) is 5.98. The Hall–Kier alpha value is -3.18. The first-order valence-electron chi connectivity index (χ1n) is 12.5. The lowest BCUT2D eigenvalue weighted by atomic mass is 9.79. The van der Waals surface area contributed by atoms with Crippen molar-refractivity contribution in [3.05, 3.63) is 77.4 Å².